The molecule has 3 aromatic rings. The quantitative estimate of drug-likeness (QED) is 0.175. The highest BCUT2D eigenvalue weighted by atomic mass is 35.5. The molecule has 0 saturated heterocycles. The van der Waals surface area contributed by atoms with Crippen LogP contribution in [0.25, 0.3) is 0 Å². The number of aliphatic carboxylic acids is 1. The molecule has 0 spiro atoms. The summed E-state index contributed by atoms with van der Waals surface area (Å²) in [6.07, 6.45) is 2.17. The second kappa shape index (κ2) is 17.2. The zero-order chi connectivity index (χ0) is 28.4. The number of carbonyl (C=O) groups excluding carboxylic acids is 1. The number of non-ortho nitro benzene ring substituents is 2. The second-order valence-electron chi connectivity index (χ2n) is 8.84. The van der Waals surface area contributed by atoms with Gasteiger partial charge in [-0.3, -0.25) is 29.9 Å². The number of hydrogen-bond donors (Lipinski definition) is 2. The zero-order valence-corrected chi connectivity index (χ0v) is 24.5. The van der Waals surface area contributed by atoms with E-state index in [1.54, 1.807) is 42.5 Å². The number of rotatable bonds is 14. The molecule has 0 bridgehead atoms. The second-order valence-corrected chi connectivity index (χ2v) is 9.82. The Labute approximate surface area is 253 Å². The summed E-state index contributed by atoms with van der Waals surface area (Å²) in [7, 11) is 0. The molecule has 0 radical (unpaired) electrons. The summed E-state index contributed by atoms with van der Waals surface area (Å²) in [4.78, 5) is 47.5. The highest BCUT2D eigenvalue weighted by Gasteiger charge is 2.20. The fourth-order valence-electron chi connectivity index (χ4n) is 3.93. The highest BCUT2D eigenvalue weighted by Crippen LogP contribution is 2.19. The van der Waals surface area contributed by atoms with Crippen molar-refractivity contribution >= 4 is 59.8 Å². The first-order valence-electron chi connectivity index (χ1n) is 12.0. The van der Waals surface area contributed by atoms with Gasteiger partial charge in [0.15, 0.2) is 0 Å². The van der Waals surface area contributed by atoms with Gasteiger partial charge < -0.3 is 10.4 Å². The topological polar surface area (TPSA) is 156 Å². The van der Waals surface area contributed by atoms with Gasteiger partial charge in [0.1, 0.15) is 6.04 Å². The number of halogens is 2. The molecule has 3 aromatic carbocycles. The molecule has 0 aliphatic rings. The summed E-state index contributed by atoms with van der Waals surface area (Å²) >= 11 is 1.50. The van der Waals surface area contributed by atoms with Gasteiger partial charge in [-0.1, -0.05) is 36.4 Å². The molecule has 0 saturated carbocycles. The fraction of sp³-hybridized carbons (Fsp3) is 0.259. The summed E-state index contributed by atoms with van der Waals surface area (Å²) in [5.74, 6) is -0.981. The molecule has 0 aromatic heterocycles. The van der Waals surface area contributed by atoms with Crippen LogP contribution in [-0.2, 0) is 24.4 Å². The lowest BCUT2D eigenvalue weighted by atomic mass is 10.1. The largest absolute Gasteiger partial charge is 0.480 e. The molecule has 14 heteroatoms. The van der Waals surface area contributed by atoms with Crippen LogP contribution in [0, 0.1) is 20.2 Å². The number of carbonyl (C=O) groups is 2. The predicted octanol–water partition coefficient (Wildman–Crippen LogP) is 5.49. The van der Waals surface area contributed by atoms with E-state index >= 15 is 0 Å². The van der Waals surface area contributed by atoms with Crippen molar-refractivity contribution in [3.8, 4) is 0 Å². The van der Waals surface area contributed by atoms with Gasteiger partial charge in [0, 0.05) is 49.5 Å². The van der Waals surface area contributed by atoms with Crippen molar-refractivity contribution in [2.45, 2.75) is 32.1 Å². The number of benzene rings is 3. The van der Waals surface area contributed by atoms with Crippen LogP contribution in [0.15, 0.2) is 72.8 Å². The lowest BCUT2D eigenvalue weighted by Gasteiger charge is -2.23. The van der Waals surface area contributed by atoms with Gasteiger partial charge in [0.05, 0.1) is 9.85 Å². The van der Waals surface area contributed by atoms with Crippen LogP contribution in [0.5, 0.6) is 0 Å². The molecular weight excluding hydrogens is 595 g/mol. The van der Waals surface area contributed by atoms with E-state index < -0.39 is 27.8 Å². The minimum atomic E-state index is -1.09. The van der Waals surface area contributed by atoms with E-state index in [-0.39, 0.29) is 36.2 Å². The monoisotopic (exact) mass is 624 g/mol. The van der Waals surface area contributed by atoms with Crippen LogP contribution in [0.2, 0.25) is 0 Å². The van der Waals surface area contributed by atoms with Crippen LogP contribution < -0.4 is 5.32 Å². The van der Waals surface area contributed by atoms with Crippen molar-refractivity contribution in [1.29, 1.82) is 0 Å². The van der Waals surface area contributed by atoms with Gasteiger partial charge in [-0.25, -0.2) is 4.79 Å². The van der Waals surface area contributed by atoms with Crippen LogP contribution >= 0.6 is 36.6 Å². The Bertz CT molecular complexity index is 1270. The number of nitro groups is 2. The number of carboxylic acid groups (broad SMARTS) is 1. The first-order valence-corrected chi connectivity index (χ1v) is 13.4. The molecular formula is C27H30Cl2N4O7S. The summed E-state index contributed by atoms with van der Waals surface area (Å²) in [5, 5.41) is 34.1. The Hall–Kier alpha value is -3.71. The zero-order valence-electron chi connectivity index (χ0n) is 22.0. The lowest BCUT2D eigenvalue weighted by Crippen LogP contribution is -2.41. The lowest BCUT2D eigenvalue weighted by molar-refractivity contribution is -0.385. The van der Waals surface area contributed by atoms with Crippen LogP contribution in [0.1, 0.15) is 33.5 Å². The third-order valence-electron chi connectivity index (χ3n) is 5.92. The van der Waals surface area contributed by atoms with Crippen molar-refractivity contribution in [2.75, 3.05) is 12.0 Å². The van der Waals surface area contributed by atoms with Gasteiger partial charge in [0.25, 0.3) is 17.3 Å². The number of nitrogens with one attached hydrogen (secondary N) is 1. The molecule has 2 N–H and O–H groups in total. The molecule has 0 fully saturated rings. The molecule has 41 heavy (non-hydrogen) atoms. The van der Waals surface area contributed by atoms with E-state index in [2.05, 4.69) is 5.32 Å². The third-order valence-corrected chi connectivity index (χ3v) is 6.56. The van der Waals surface area contributed by atoms with E-state index in [4.69, 9.17) is 0 Å². The van der Waals surface area contributed by atoms with Crippen LogP contribution in [0.3, 0.4) is 0 Å². The number of amides is 1. The summed E-state index contributed by atoms with van der Waals surface area (Å²) in [6.45, 7) is 1.23. The number of nitro benzene ring substituents is 2. The molecule has 0 aliphatic heterocycles. The molecule has 0 heterocycles. The summed E-state index contributed by atoms with van der Waals surface area (Å²) in [6, 6.07) is 18.3. The SMILES string of the molecule is CSCCC(NC(=O)c1cccc(CN(Cc2ccc([N+](=O)[O-])cc2)Cc2ccc([N+](=O)[O-])cc2)c1)C(=O)O.Cl.Cl. The van der Waals surface area contributed by atoms with Crippen LogP contribution in [-0.4, -0.2) is 49.8 Å². The molecule has 220 valence electrons. The fourth-order valence-corrected chi connectivity index (χ4v) is 4.41. The molecule has 3 rings (SSSR count). The van der Waals surface area contributed by atoms with Crippen molar-refractivity contribution < 1.29 is 24.5 Å². The van der Waals surface area contributed by atoms with Crippen molar-refractivity contribution in [1.82, 2.24) is 10.2 Å². The molecule has 1 unspecified atom stereocenters. The van der Waals surface area contributed by atoms with Crippen molar-refractivity contribution in [2.24, 2.45) is 0 Å². The average Bonchev–Trinajstić information content (AvgIpc) is 2.91. The Kier molecular flexibility index (Phi) is 14.8. The molecule has 0 aliphatic carbocycles. The maximum atomic E-state index is 12.8. The first-order chi connectivity index (χ1) is 18.7. The molecule has 1 atom stereocenters. The van der Waals surface area contributed by atoms with Crippen molar-refractivity contribution in [3.05, 3.63) is 115 Å². The van der Waals surface area contributed by atoms with Gasteiger partial charge in [0.2, 0.25) is 0 Å². The standard InChI is InChI=1S/C27H28N4O7S.2ClH/c1-39-14-13-25(27(33)34)28-26(32)22-4-2-3-21(15-22)18-29(16-19-5-9-23(10-6-19)30(35)36)17-20-7-11-24(12-8-20)31(37)38;;/h2-12,15,25H,13-14,16-18H2,1H3,(H,28,32)(H,33,34);2*1H. The van der Waals surface area contributed by atoms with E-state index in [1.807, 2.05) is 17.2 Å². The maximum Gasteiger partial charge on any atom is 0.326 e. The van der Waals surface area contributed by atoms with E-state index in [1.165, 1.54) is 36.0 Å². The summed E-state index contributed by atoms with van der Waals surface area (Å²) < 4.78 is 0. The minimum absolute atomic E-state index is 0. The first kappa shape index (κ1) is 35.3. The smallest absolute Gasteiger partial charge is 0.326 e. The van der Waals surface area contributed by atoms with Gasteiger partial charge in [-0.05, 0) is 47.3 Å². The number of nitrogens with zero attached hydrogens (tertiary/aromatic N) is 3. The Balaban J connectivity index is 0.00000420. The normalized spacial score (nSPS) is 11.1. The summed E-state index contributed by atoms with van der Waals surface area (Å²) in [5.41, 5.74) is 2.74. The Morgan fingerprint density at radius 3 is 1.78 bits per heavy atom. The van der Waals surface area contributed by atoms with Gasteiger partial charge in [-0.15, -0.1) is 24.8 Å². The molecule has 1 amide bonds. The van der Waals surface area contributed by atoms with Gasteiger partial charge >= 0.3 is 5.97 Å². The van der Waals surface area contributed by atoms with E-state index in [9.17, 15) is 34.9 Å². The van der Waals surface area contributed by atoms with Crippen molar-refractivity contribution in [3.63, 3.8) is 0 Å². The number of carboxylic acids is 1. The number of thioether (sulfide) groups is 1. The maximum absolute atomic E-state index is 12.8. The Morgan fingerprint density at radius 2 is 1.34 bits per heavy atom. The average molecular weight is 626 g/mol. The third kappa shape index (κ3) is 11.0. The van der Waals surface area contributed by atoms with E-state index in [0.29, 0.717) is 37.4 Å². The predicted molar refractivity (Wildman–Crippen MR) is 162 cm³/mol. The van der Waals surface area contributed by atoms with Gasteiger partial charge in [-0.2, -0.15) is 11.8 Å². The van der Waals surface area contributed by atoms with Crippen LogP contribution in [0.4, 0.5) is 11.4 Å². The molecule has 11 nitrogen and oxygen atoms in total. The minimum Gasteiger partial charge on any atom is -0.480 e. The number of hydrogen-bond acceptors (Lipinski definition) is 8. The Morgan fingerprint density at radius 1 is 0.854 bits per heavy atom. The van der Waals surface area contributed by atoms with E-state index in [0.717, 1.165) is 16.7 Å². The highest BCUT2D eigenvalue weighted by molar-refractivity contribution is 7.98.